The normalized spacial score (nSPS) is 21.8. The highest BCUT2D eigenvalue weighted by Gasteiger charge is 2.34. The average Bonchev–Trinajstić information content (AvgIpc) is 2.59. The fraction of sp³-hybridized carbons (Fsp3) is 0.550. The Balaban J connectivity index is 1.81. The van der Waals surface area contributed by atoms with Crippen LogP contribution in [-0.2, 0) is 11.2 Å². The molecule has 1 aromatic carbocycles. The molecular formula is C20H29N3O. The number of nitrogens with zero attached hydrogens (tertiary/aromatic N) is 1. The monoisotopic (exact) mass is 327 g/mol. The number of benzene rings is 1. The second-order valence-electron chi connectivity index (χ2n) is 7.16. The van der Waals surface area contributed by atoms with Crippen molar-refractivity contribution in [1.82, 2.24) is 15.8 Å². The Morgan fingerprint density at radius 3 is 2.71 bits per heavy atom. The van der Waals surface area contributed by atoms with Gasteiger partial charge in [-0.15, -0.1) is 0 Å². The molecule has 0 fully saturated rings. The van der Waals surface area contributed by atoms with E-state index in [0.717, 1.165) is 44.3 Å². The first-order valence-electron chi connectivity index (χ1n) is 9.22. The van der Waals surface area contributed by atoms with E-state index < -0.39 is 0 Å². The van der Waals surface area contributed by atoms with Gasteiger partial charge in [0.1, 0.15) is 0 Å². The molecule has 1 aromatic rings. The minimum Gasteiger partial charge on any atom is -0.313 e. The van der Waals surface area contributed by atoms with Crippen molar-refractivity contribution >= 4 is 5.91 Å². The molecule has 2 N–H and O–H groups in total. The highest BCUT2D eigenvalue weighted by Crippen LogP contribution is 2.33. The first kappa shape index (κ1) is 17.2. The molecule has 4 nitrogen and oxygen atoms in total. The molecule has 0 saturated carbocycles. The van der Waals surface area contributed by atoms with Crippen LogP contribution in [0.3, 0.4) is 0 Å². The zero-order valence-electron chi connectivity index (χ0n) is 14.8. The van der Waals surface area contributed by atoms with Crippen LogP contribution in [0.15, 0.2) is 41.5 Å². The zero-order valence-corrected chi connectivity index (χ0v) is 14.8. The number of hydrogen-bond acceptors (Lipinski definition) is 3. The van der Waals surface area contributed by atoms with Gasteiger partial charge in [0.15, 0.2) is 0 Å². The number of nitrogens with one attached hydrogen (secondary N) is 2. The van der Waals surface area contributed by atoms with Gasteiger partial charge < -0.3 is 5.32 Å². The van der Waals surface area contributed by atoms with Crippen LogP contribution in [0, 0.1) is 0 Å². The first-order chi connectivity index (χ1) is 11.6. The highest BCUT2D eigenvalue weighted by molar-refractivity contribution is 5.95. The summed E-state index contributed by atoms with van der Waals surface area (Å²) in [5.41, 5.74) is 6.91. The number of hydrogen-bond donors (Lipinski definition) is 2. The molecule has 4 heteroatoms. The molecule has 1 amide bonds. The molecule has 2 aliphatic rings. The summed E-state index contributed by atoms with van der Waals surface area (Å²) >= 11 is 0. The number of amides is 1. The smallest absolute Gasteiger partial charge is 0.261 e. The van der Waals surface area contributed by atoms with Gasteiger partial charge in [0.2, 0.25) is 0 Å². The molecule has 0 spiro atoms. The molecule has 1 unspecified atom stereocenters. The Kier molecular flexibility index (Phi) is 5.69. The maximum atomic E-state index is 12.5. The van der Waals surface area contributed by atoms with Crippen molar-refractivity contribution in [2.24, 2.45) is 0 Å². The maximum Gasteiger partial charge on any atom is 0.261 e. The predicted octanol–water partition coefficient (Wildman–Crippen LogP) is 2.81. The summed E-state index contributed by atoms with van der Waals surface area (Å²) in [4.78, 5) is 12.5. The average molecular weight is 327 g/mol. The lowest BCUT2D eigenvalue weighted by molar-refractivity contribution is -0.124. The van der Waals surface area contributed by atoms with Crippen molar-refractivity contribution in [2.45, 2.75) is 58.0 Å². The second kappa shape index (κ2) is 7.95. The summed E-state index contributed by atoms with van der Waals surface area (Å²) in [7, 11) is 0. The lowest BCUT2D eigenvalue weighted by atomic mass is 9.83. The minimum atomic E-state index is 0.124. The third-order valence-electron chi connectivity index (χ3n) is 4.99. The van der Waals surface area contributed by atoms with Crippen LogP contribution in [0.1, 0.15) is 45.1 Å². The molecule has 1 aliphatic carbocycles. The Morgan fingerprint density at radius 2 is 1.96 bits per heavy atom. The molecule has 1 heterocycles. The number of rotatable bonds is 6. The third-order valence-corrected chi connectivity index (χ3v) is 4.99. The molecule has 130 valence electrons. The summed E-state index contributed by atoms with van der Waals surface area (Å²) in [5.74, 6) is 0.124. The topological polar surface area (TPSA) is 44.4 Å². The number of carbonyl (C=O) groups is 1. The Bertz CT molecular complexity index is 594. The quantitative estimate of drug-likeness (QED) is 0.844. The lowest BCUT2D eigenvalue weighted by Crippen LogP contribution is -2.57. The lowest BCUT2D eigenvalue weighted by Gasteiger charge is -2.40. The highest BCUT2D eigenvalue weighted by atomic mass is 16.2. The van der Waals surface area contributed by atoms with Crippen molar-refractivity contribution in [2.75, 3.05) is 13.1 Å². The zero-order chi connectivity index (χ0) is 16.9. The van der Waals surface area contributed by atoms with E-state index in [4.69, 9.17) is 0 Å². The van der Waals surface area contributed by atoms with Crippen LogP contribution in [0.2, 0.25) is 0 Å². The van der Waals surface area contributed by atoms with Crippen molar-refractivity contribution in [1.29, 1.82) is 0 Å². The van der Waals surface area contributed by atoms with Crippen molar-refractivity contribution in [3.63, 3.8) is 0 Å². The van der Waals surface area contributed by atoms with Gasteiger partial charge in [0, 0.05) is 24.7 Å². The summed E-state index contributed by atoms with van der Waals surface area (Å²) in [6.45, 7) is 6.01. The Labute approximate surface area is 145 Å². The van der Waals surface area contributed by atoms with E-state index in [1.165, 1.54) is 17.6 Å². The van der Waals surface area contributed by atoms with Crippen LogP contribution in [0.5, 0.6) is 0 Å². The van der Waals surface area contributed by atoms with E-state index in [-0.39, 0.29) is 11.9 Å². The van der Waals surface area contributed by atoms with Gasteiger partial charge in [-0.3, -0.25) is 10.2 Å². The summed E-state index contributed by atoms with van der Waals surface area (Å²) in [6.07, 6.45) is 5.30. The van der Waals surface area contributed by atoms with E-state index in [2.05, 4.69) is 59.9 Å². The maximum absolute atomic E-state index is 12.5. The van der Waals surface area contributed by atoms with Crippen molar-refractivity contribution < 1.29 is 4.79 Å². The second-order valence-corrected chi connectivity index (χ2v) is 7.16. The Hall–Kier alpha value is -1.65. The molecular weight excluding hydrogens is 298 g/mol. The largest absolute Gasteiger partial charge is 0.313 e. The summed E-state index contributed by atoms with van der Waals surface area (Å²) in [6, 6.07) is 11.4. The minimum absolute atomic E-state index is 0.124. The van der Waals surface area contributed by atoms with Gasteiger partial charge in [-0.2, -0.15) is 0 Å². The number of carbonyl (C=O) groups excluding carboxylic acids is 1. The molecule has 0 radical (unpaired) electrons. The summed E-state index contributed by atoms with van der Waals surface area (Å²) in [5, 5.41) is 5.62. The van der Waals surface area contributed by atoms with Crippen LogP contribution in [0.25, 0.3) is 0 Å². The fourth-order valence-electron chi connectivity index (χ4n) is 3.78. The standard InChI is InChI=1S/C20H29N3O/c1-15(2)21-12-13-23-19(14-16-8-4-3-5-9-16)17-10-6-7-11-18(17)20(24)22-23/h3-5,8-9,15,19,21H,6-7,10-14H2,1-2H3,(H,22,24). The molecule has 24 heavy (non-hydrogen) atoms. The number of hydrazine groups is 1. The SMILES string of the molecule is CC(C)NCCN1NC(=O)C2=C(CCCC2)C1Cc1ccccc1. The van der Waals surface area contributed by atoms with Gasteiger partial charge >= 0.3 is 0 Å². The molecule has 0 aromatic heterocycles. The van der Waals surface area contributed by atoms with E-state index in [0.29, 0.717) is 6.04 Å². The Morgan fingerprint density at radius 1 is 1.21 bits per heavy atom. The fourth-order valence-corrected chi connectivity index (χ4v) is 3.78. The summed E-state index contributed by atoms with van der Waals surface area (Å²) < 4.78 is 0. The van der Waals surface area contributed by atoms with Gasteiger partial charge in [0.25, 0.3) is 5.91 Å². The predicted molar refractivity (Wildman–Crippen MR) is 97.4 cm³/mol. The van der Waals surface area contributed by atoms with Crippen LogP contribution >= 0.6 is 0 Å². The van der Waals surface area contributed by atoms with Gasteiger partial charge in [-0.1, -0.05) is 44.2 Å². The first-order valence-corrected chi connectivity index (χ1v) is 9.22. The van der Waals surface area contributed by atoms with Gasteiger partial charge in [-0.25, -0.2) is 5.01 Å². The van der Waals surface area contributed by atoms with Crippen LogP contribution in [-0.4, -0.2) is 36.1 Å². The molecule has 3 rings (SSSR count). The van der Waals surface area contributed by atoms with Gasteiger partial charge in [-0.05, 0) is 43.2 Å². The molecule has 0 bridgehead atoms. The third kappa shape index (κ3) is 4.05. The molecule has 1 atom stereocenters. The van der Waals surface area contributed by atoms with Crippen LogP contribution < -0.4 is 10.7 Å². The van der Waals surface area contributed by atoms with Crippen LogP contribution in [0.4, 0.5) is 0 Å². The van der Waals surface area contributed by atoms with E-state index in [1.54, 1.807) is 0 Å². The molecule has 1 aliphatic heterocycles. The van der Waals surface area contributed by atoms with E-state index in [9.17, 15) is 4.79 Å². The van der Waals surface area contributed by atoms with E-state index >= 15 is 0 Å². The van der Waals surface area contributed by atoms with Crippen molar-refractivity contribution in [3.05, 3.63) is 47.0 Å². The molecule has 0 saturated heterocycles. The van der Waals surface area contributed by atoms with Crippen molar-refractivity contribution in [3.8, 4) is 0 Å². The van der Waals surface area contributed by atoms with E-state index in [1.807, 2.05) is 0 Å². The van der Waals surface area contributed by atoms with Gasteiger partial charge in [0.05, 0.1) is 6.04 Å².